The van der Waals surface area contributed by atoms with E-state index in [1.165, 1.54) is 32.4 Å². The van der Waals surface area contributed by atoms with Crippen LogP contribution in [-0.2, 0) is 6.54 Å². The highest BCUT2D eigenvalue weighted by Crippen LogP contribution is 2.24. The molecule has 1 aliphatic heterocycles. The van der Waals surface area contributed by atoms with Crippen LogP contribution in [0.15, 0.2) is 59.8 Å². The fraction of sp³-hybridized carbons (Fsp3) is 0.417. The lowest BCUT2D eigenvalue weighted by atomic mass is 10.1. The molecule has 0 aliphatic carbocycles. The van der Waals surface area contributed by atoms with Gasteiger partial charge in [0, 0.05) is 23.7 Å². The minimum atomic E-state index is 0.600. The Hall–Kier alpha value is -2.51. The number of rotatable bonds is 10. The quantitative estimate of drug-likeness (QED) is 0.457. The van der Waals surface area contributed by atoms with Gasteiger partial charge in [-0.1, -0.05) is 36.4 Å². The third kappa shape index (κ3) is 6.02. The van der Waals surface area contributed by atoms with E-state index in [9.17, 15) is 0 Å². The number of ether oxygens (including phenoxy) is 1. The van der Waals surface area contributed by atoms with Gasteiger partial charge in [-0.3, -0.25) is 4.57 Å². The molecule has 164 valence electrons. The van der Waals surface area contributed by atoms with Crippen molar-refractivity contribution in [2.24, 2.45) is 0 Å². The van der Waals surface area contributed by atoms with E-state index in [-0.39, 0.29) is 0 Å². The minimum Gasteiger partial charge on any atom is -0.494 e. The number of thioether (sulfide) groups is 1. The van der Waals surface area contributed by atoms with E-state index in [1.54, 1.807) is 11.8 Å². The summed E-state index contributed by atoms with van der Waals surface area (Å²) in [6.07, 6.45) is 4.02. The Bertz CT molecular complexity index is 923. The van der Waals surface area contributed by atoms with Crippen molar-refractivity contribution < 1.29 is 4.74 Å². The van der Waals surface area contributed by atoms with Crippen LogP contribution >= 0.6 is 11.8 Å². The maximum atomic E-state index is 5.52. The molecular formula is C24H31N5OS. The molecule has 0 radical (unpaired) electrons. The number of benzene rings is 2. The monoisotopic (exact) mass is 437 g/mol. The molecule has 0 bridgehead atoms. The molecule has 1 saturated heterocycles. The summed E-state index contributed by atoms with van der Waals surface area (Å²) in [6.45, 7) is 6.82. The second-order valence-corrected chi connectivity index (χ2v) is 8.69. The topological polar surface area (TPSA) is 55.2 Å². The zero-order valence-corrected chi connectivity index (χ0v) is 19.0. The Labute approximate surface area is 189 Å². The summed E-state index contributed by atoms with van der Waals surface area (Å²) in [6, 6.07) is 18.4. The van der Waals surface area contributed by atoms with E-state index in [4.69, 9.17) is 4.74 Å². The Kier molecular flexibility index (Phi) is 7.85. The number of anilines is 1. The third-order valence-electron chi connectivity index (χ3n) is 5.42. The van der Waals surface area contributed by atoms with Crippen molar-refractivity contribution in [3.8, 4) is 11.4 Å². The van der Waals surface area contributed by atoms with Crippen molar-refractivity contribution >= 4 is 17.4 Å². The first-order valence-corrected chi connectivity index (χ1v) is 12.1. The average Bonchev–Trinajstić information content (AvgIpc) is 3.23. The Balaban J connectivity index is 1.44. The zero-order chi connectivity index (χ0) is 21.3. The van der Waals surface area contributed by atoms with Crippen LogP contribution in [0.5, 0.6) is 5.75 Å². The van der Waals surface area contributed by atoms with Crippen molar-refractivity contribution in [3.63, 3.8) is 0 Å². The highest BCUT2D eigenvalue weighted by Gasteiger charge is 2.16. The lowest BCUT2D eigenvalue weighted by Crippen LogP contribution is -2.31. The van der Waals surface area contributed by atoms with Gasteiger partial charge in [-0.05, 0) is 69.3 Å². The number of hydrogen-bond acceptors (Lipinski definition) is 6. The molecule has 4 rings (SSSR count). The van der Waals surface area contributed by atoms with Crippen LogP contribution in [-0.4, -0.2) is 51.7 Å². The molecule has 0 spiro atoms. The van der Waals surface area contributed by atoms with Gasteiger partial charge in [0.05, 0.1) is 13.2 Å². The van der Waals surface area contributed by atoms with Gasteiger partial charge in [-0.15, -0.1) is 10.2 Å². The van der Waals surface area contributed by atoms with Crippen LogP contribution in [0.2, 0.25) is 0 Å². The summed E-state index contributed by atoms with van der Waals surface area (Å²) in [4.78, 5) is 2.56. The number of para-hydroxylation sites is 1. The number of nitrogens with one attached hydrogen (secondary N) is 1. The van der Waals surface area contributed by atoms with Crippen LogP contribution in [0.1, 0.15) is 32.0 Å². The molecular weight excluding hydrogens is 406 g/mol. The highest BCUT2D eigenvalue weighted by molar-refractivity contribution is 7.99. The first-order chi connectivity index (χ1) is 15.3. The highest BCUT2D eigenvalue weighted by atomic mass is 32.2. The zero-order valence-electron chi connectivity index (χ0n) is 18.2. The molecule has 0 atom stereocenters. The fourth-order valence-electron chi connectivity index (χ4n) is 3.81. The first-order valence-electron chi connectivity index (χ1n) is 11.1. The molecule has 0 unspecified atom stereocenters. The molecule has 1 aliphatic rings. The van der Waals surface area contributed by atoms with Gasteiger partial charge in [-0.25, -0.2) is 0 Å². The van der Waals surface area contributed by atoms with E-state index in [2.05, 4.69) is 49.2 Å². The van der Waals surface area contributed by atoms with Gasteiger partial charge in [0.2, 0.25) is 0 Å². The van der Waals surface area contributed by atoms with Crippen LogP contribution in [0.25, 0.3) is 5.69 Å². The molecule has 7 heteroatoms. The normalized spacial score (nSPS) is 14.5. The Morgan fingerprint density at radius 2 is 1.74 bits per heavy atom. The van der Waals surface area contributed by atoms with Gasteiger partial charge < -0.3 is 15.0 Å². The molecule has 3 aromatic rings. The SMILES string of the molecule is CCOc1ccc(NCc2nnc(SCCN3CCCCC3)n2-c2ccccc2)cc1. The second kappa shape index (κ2) is 11.2. The van der Waals surface area contributed by atoms with Crippen LogP contribution in [0.3, 0.4) is 0 Å². The number of nitrogens with zero attached hydrogens (tertiary/aromatic N) is 4. The minimum absolute atomic E-state index is 0.600. The standard InChI is InChI=1S/C24H31N5OS/c1-2-30-22-13-11-20(12-14-22)25-19-23-26-27-24(29(23)21-9-5-3-6-10-21)31-18-17-28-15-7-4-8-16-28/h3,5-6,9-14,25H,2,4,7-8,15-19H2,1H3. The van der Waals surface area contributed by atoms with E-state index in [0.717, 1.165) is 40.4 Å². The Morgan fingerprint density at radius 3 is 2.48 bits per heavy atom. The molecule has 31 heavy (non-hydrogen) atoms. The van der Waals surface area contributed by atoms with E-state index in [0.29, 0.717) is 13.2 Å². The molecule has 2 aromatic carbocycles. The van der Waals surface area contributed by atoms with Crippen molar-refractivity contribution in [2.75, 3.05) is 37.3 Å². The van der Waals surface area contributed by atoms with Gasteiger partial charge in [0.25, 0.3) is 0 Å². The number of aromatic nitrogens is 3. The summed E-state index contributed by atoms with van der Waals surface area (Å²) < 4.78 is 7.69. The number of piperidine rings is 1. The van der Waals surface area contributed by atoms with Gasteiger partial charge in [0.15, 0.2) is 11.0 Å². The molecule has 1 aromatic heterocycles. The molecule has 1 N–H and O–H groups in total. The lowest BCUT2D eigenvalue weighted by Gasteiger charge is -2.25. The van der Waals surface area contributed by atoms with E-state index in [1.807, 2.05) is 37.3 Å². The summed E-state index contributed by atoms with van der Waals surface area (Å²) in [5.74, 6) is 2.81. The molecule has 0 amide bonds. The smallest absolute Gasteiger partial charge is 0.195 e. The summed E-state index contributed by atoms with van der Waals surface area (Å²) >= 11 is 1.79. The second-order valence-electron chi connectivity index (χ2n) is 7.63. The first kappa shape index (κ1) is 21.7. The molecule has 0 saturated carbocycles. The molecule has 2 heterocycles. The molecule has 1 fully saturated rings. The lowest BCUT2D eigenvalue weighted by molar-refractivity contribution is 0.242. The van der Waals surface area contributed by atoms with Crippen molar-refractivity contribution in [1.82, 2.24) is 19.7 Å². The number of hydrogen-bond donors (Lipinski definition) is 1. The average molecular weight is 438 g/mol. The summed E-state index contributed by atoms with van der Waals surface area (Å²) in [5, 5.41) is 13.5. The summed E-state index contributed by atoms with van der Waals surface area (Å²) in [7, 11) is 0. The van der Waals surface area contributed by atoms with Gasteiger partial charge in [0.1, 0.15) is 5.75 Å². The predicted molar refractivity (Wildman–Crippen MR) is 127 cm³/mol. The molecule has 6 nitrogen and oxygen atoms in total. The maximum Gasteiger partial charge on any atom is 0.195 e. The maximum absolute atomic E-state index is 5.52. The van der Waals surface area contributed by atoms with E-state index < -0.39 is 0 Å². The number of likely N-dealkylation sites (tertiary alicyclic amines) is 1. The van der Waals surface area contributed by atoms with Crippen molar-refractivity contribution in [1.29, 1.82) is 0 Å². The summed E-state index contributed by atoms with van der Waals surface area (Å²) in [5.41, 5.74) is 2.13. The van der Waals surface area contributed by atoms with Crippen molar-refractivity contribution in [3.05, 3.63) is 60.4 Å². The van der Waals surface area contributed by atoms with Crippen LogP contribution < -0.4 is 10.1 Å². The van der Waals surface area contributed by atoms with Crippen LogP contribution in [0.4, 0.5) is 5.69 Å². The van der Waals surface area contributed by atoms with Gasteiger partial charge >= 0.3 is 0 Å². The predicted octanol–water partition coefficient (Wildman–Crippen LogP) is 4.86. The Morgan fingerprint density at radius 1 is 0.968 bits per heavy atom. The van der Waals surface area contributed by atoms with Crippen molar-refractivity contribution in [2.45, 2.75) is 37.9 Å². The van der Waals surface area contributed by atoms with E-state index >= 15 is 0 Å². The van der Waals surface area contributed by atoms with Gasteiger partial charge in [-0.2, -0.15) is 0 Å². The largest absolute Gasteiger partial charge is 0.494 e. The van der Waals surface area contributed by atoms with Crippen LogP contribution in [0, 0.1) is 0 Å². The third-order valence-corrected chi connectivity index (χ3v) is 6.33. The fourth-order valence-corrected chi connectivity index (χ4v) is 4.78.